The molecule has 2 amide bonds. The number of fused-ring (bicyclic) bond motifs is 1. The first-order valence-corrected chi connectivity index (χ1v) is 12.9. The lowest BCUT2D eigenvalue weighted by atomic mass is 9.89. The van der Waals surface area contributed by atoms with E-state index in [1.165, 1.54) is 19.3 Å². The van der Waals surface area contributed by atoms with Gasteiger partial charge < -0.3 is 20.4 Å². The molecule has 5 rings (SSSR count). The number of ether oxygens (including phenoxy) is 1. The van der Waals surface area contributed by atoms with Crippen molar-refractivity contribution in [3.63, 3.8) is 0 Å². The molecule has 2 saturated carbocycles. The monoisotopic (exact) mass is 547 g/mol. The van der Waals surface area contributed by atoms with Crippen molar-refractivity contribution in [3.8, 4) is 17.0 Å². The number of halogens is 4. The van der Waals surface area contributed by atoms with Crippen LogP contribution in [-0.2, 0) is 11.0 Å². The van der Waals surface area contributed by atoms with Gasteiger partial charge in [-0.25, -0.2) is 14.4 Å². The summed E-state index contributed by atoms with van der Waals surface area (Å²) in [7, 11) is 0. The molecule has 12 heteroatoms. The van der Waals surface area contributed by atoms with Crippen molar-refractivity contribution in [2.75, 3.05) is 6.61 Å². The Morgan fingerprint density at radius 2 is 1.90 bits per heavy atom. The average molecular weight is 548 g/mol. The second-order valence-electron chi connectivity index (χ2n) is 10.3. The molecule has 0 bridgehead atoms. The van der Waals surface area contributed by atoms with Crippen LogP contribution in [0.25, 0.3) is 22.3 Å². The molecule has 2 aliphatic rings. The number of aromatic amines is 1. The molecular formula is C27H29F4N5O3. The van der Waals surface area contributed by atoms with Crippen molar-refractivity contribution in [2.45, 2.75) is 70.4 Å². The third-order valence-corrected chi connectivity index (χ3v) is 7.23. The smallest absolute Gasteiger partial charge is 0.416 e. The summed E-state index contributed by atoms with van der Waals surface area (Å²) in [6, 6.07) is 2.20. The average Bonchev–Trinajstić information content (AvgIpc) is 3.63. The Balaban J connectivity index is 1.46. The maximum atomic E-state index is 14.9. The molecule has 3 aromatic rings. The van der Waals surface area contributed by atoms with Gasteiger partial charge in [-0.1, -0.05) is 0 Å². The molecule has 2 heterocycles. The van der Waals surface area contributed by atoms with Gasteiger partial charge in [0.15, 0.2) is 0 Å². The highest BCUT2D eigenvalue weighted by Gasteiger charge is 2.34. The molecule has 0 aliphatic heterocycles. The van der Waals surface area contributed by atoms with Crippen LogP contribution in [0.3, 0.4) is 0 Å². The van der Waals surface area contributed by atoms with Crippen molar-refractivity contribution in [3.05, 3.63) is 41.3 Å². The molecule has 0 radical (unpaired) electrons. The van der Waals surface area contributed by atoms with Crippen LogP contribution in [-0.4, -0.2) is 51.6 Å². The molecule has 3 atom stereocenters. The summed E-state index contributed by atoms with van der Waals surface area (Å²) in [5.41, 5.74) is 0.513. The molecule has 2 aromatic heterocycles. The van der Waals surface area contributed by atoms with E-state index < -0.39 is 29.9 Å². The molecule has 1 aromatic carbocycles. The fraction of sp³-hybridized carbons (Fsp3) is 0.481. The third kappa shape index (κ3) is 5.84. The number of rotatable bonds is 7. The Morgan fingerprint density at radius 1 is 1.13 bits per heavy atom. The molecule has 2 aliphatic carbocycles. The van der Waals surface area contributed by atoms with Crippen LogP contribution in [0.2, 0.25) is 0 Å². The number of amides is 2. The zero-order valence-electron chi connectivity index (χ0n) is 21.5. The van der Waals surface area contributed by atoms with Crippen LogP contribution in [0.4, 0.5) is 17.6 Å². The fourth-order valence-electron chi connectivity index (χ4n) is 5.05. The van der Waals surface area contributed by atoms with E-state index in [9.17, 15) is 27.2 Å². The number of nitrogens with zero attached hydrogens (tertiary/aromatic N) is 2. The number of carbonyl (C=O) groups excluding carboxylic acids is 2. The van der Waals surface area contributed by atoms with Crippen LogP contribution in [0.15, 0.2) is 24.5 Å². The lowest BCUT2D eigenvalue weighted by molar-refractivity contribution is -0.137. The number of alkyl halides is 4. The largest absolute Gasteiger partial charge is 0.493 e. The van der Waals surface area contributed by atoms with Gasteiger partial charge in [-0.05, 0) is 56.7 Å². The molecule has 0 unspecified atom stereocenters. The molecule has 208 valence electrons. The number of hydrogen-bond acceptors (Lipinski definition) is 5. The fourth-order valence-corrected chi connectivity index (χ4v) is 5.05. The summed E-state index contributed by atoms with van der Waals surface area (Å²) in [5.74, 6) is -0.157. The molecule has 8 nitrogen and oxygen atoms in total. The zero-order valence-corrected chi connectivity index (χ0v) is 21.5. The first-order chi connectivity index (χ1) is 18.5. The predicted octanol–water partition coefficient (Wildman–Crippen LogP) is 4.87. The van der Waals surface area contributed by atoms with Gasteiger partial charge >= 0.3 is 6.18 Å². The highest BCUT2D eigenvalue weighted by Crippen LogP contribution is 2.40. The van der Waals surface area contributed by atoms with E-state index >= 15 is 0 Å². The van der Waals surface area contributed by atoms with Gasteiger partial charge in [0.25, 0.3) is 5.91 Å². The zero-order chi connectivity index (χ0) is 27.9. The molecule has 2 fully saturated rings. The van der Waals surface area contributed by atoms with Gasteiger partial charge in [0.05, 0.1) is 29.3 Å². The Bertz CT molecular complexity index is 1400. The Labute approximate surface area is 221 Å². The van der Waals surface area contributed by atoms with Gasteiger partial charge in [0.2, 0.25) is 5.91 Å². The van der Waals surface area contributed by atoms with Crippen LogP contribution in [0.1, 0.15) is 60.6 Å². The molecule has 39 heavy (non-hydrogen) atoms. The number of carbonyl (C=O) groups is 2. The van der Waals surface area contributed by atoms with Crippen LogP contribution < -0.4 is 15.4 Å². The number of aryl methyl sites for hydroxylation is 1. The van der Waals surface area contributed by atoms with E-state index in [-0.39, 0.29) is 52.0 Å². The van der Waals surface area contributed by atoms with Crippen molar-refractivity contribution in [1.82, 2.24) is 25.6 Å². The van der Waals surface area contributed by atoms with Gasteiger partial charge in [0, 0.05) is 30.6 Å². The Morgan fingerprint density at radius 3 is 2.56 bits per heavy atom. The highest BCUT2D eigenvalue weighted by molar-refractivity contribution is 6.09. The van der Waals surface area contributed by atoms with Crippen LogP contribution in [0.5, 0.6) is 5.75 Å². The number of benzene rings is 1. The lowest BCUT2D eigenvalue weighted by Gasteiger charge is -2.32. The van der Waals surface area contributed by atoms with E-state index in [0.29, 0.717) is 31.1 Å². The van der Waals surface area contributed by atoms with Crippen molar-refractivity contribution < 1.29 is 31.9 Å². The number of aromatic nitrogens is 3. The van der Waals surface area contributed by atoms with Crippen LogP contribution >= 0.6 is 0 Å². The SMILES string of the molecule is CC(=O)N[C@@H]1CC[C@@H](NC(=O)c2c(C)[nH]c3c(-c4cc(C(F)(F)F)ccc4OCC4CC4)ncnc23)[C@H](F)C1. The van der Waals surface area contributed by atoms with Crippen molar-refractivity contribution >= 4 is 22.8 Å². The second-order valence-corrected chi connectivity index (χ2v) is 10.3. The maximum Gasteiger partial charge on any atom is 0.416 e. The van der Waals surface area contributed by atoms with E-state index in [0.717, 1.165) is 25.0 Å². The van der Waals surface area contributed by atoms with Crippen molar-refractivity contribution in [2.24, 2.45) is 5.92 Å². The quantitative estimate of drug-likeness (QED) is 0.366. The molecule has 3 N–H and O–H groups in total. The summed E-state index contributed by atoms with van der Waals surface area (Å²) in [6.07, 6.45) is -1.78. The normalized spacial score (nSPS) is 21.5. The van der Waals surface area contributed by atoms with E-state index in [1.807, 2.05) is 0 Å². The summed E-state index contributed by atoms with van der Waals surface area (Å²) >= 11 is 0. The molecule has 0 spiro atoms. The van der Waals surface area contributed by atoms with Crippen molar-refractivity contribution in [1.29, 1.82) is 0 Å². The number of H-pyrrole nitrogens is 1. The number of hydrogen-bond donors (Lipinski definition) is 3. The minimum atomic E-state index is -4.57. The van der Waals surface area contributed by atoms with Crippen LogP contribution in [0, 0.1) is 12.8 Å². The third-order valence-electron chi connectivity index (χ3n) is 7.23. The summed E-state index contributed by atoms with van der Waals surface area (Å²) < 4.78 is 61.5. The van der Waals surface area contributed by atoms with Gasteiger partial charge in [-0.2, -0.15) is 13.2 Å². The highest BCUT2D eigenvalue weighted by atomic mass is 19.4. The van der Waals surface area contributed by atoms with E-state index in [2.05, 4.69) is 25.6 Å². The Kier molecular flexibility index (Phi) is 7.21. The lowest BCUT2D eigenvalue weighted by Crippen LogP contribution is -2.49. The van der Waals surface area contributed by atoms with Gasteiger partial charge in [-0.3, -0.25) is 9.59 Å². The predicted molar refractivity (Wildman–Crippen MR) is 135 cm³/mol. The maximum absolute atomic E-state index is 14.9. The standard InChI is InChI=1S/C27H29F4N5O3/c1-13-22(26(38)36-20-7-6-17(10-19(20)28)35-14(2)37)24-25(34-13)23(32-12-33-24)18-9-16(27(29,30)31)5-8-21(18)39-11-15-3-4-15/h5,8-9,12,15,17,19-20,34H,3-4,6-7,10-11H2,1-2H3,(H,35,37)(H,36,38)/t17-,19-,20-/m1/s1. The minimum absolute atomic E-state index is 0.0862. The molecular weight excluding hydrogens is 518 g/mol. The second kappa shape index (κ2) is 10.5. The van der Waals surface area contributed by atoms with Gasteiger partial charge in [0.1, 0.15) is 29.5 Å². The molecule has 0 saturated heterocycles. The summed E-state index contributed by atoms with van der Waals surface area (Å²) in [5, 5.41) is 5.45. The summed E-state index contributed by atoms with van der Waals surface area (Å²) in [6.45, 7) is 3.40. The first kappa shape index (κ1) is 26.9. The Hall–Kier alpha value is -3.70. The summed E-state index contributed by atoms with van der Waals surface area (Å²) in [4.78, 5) is 36.2. The topological polar surface area (TPSA) is 109 Å². The minimum Gasteiger partial charge on any atom is -0.493 e. The van der Waals surface area contributed by atoms with E-state index in [4.69, 9.17) is 4.74 Å². The van der Waals surface area contributed by atoms with E-state index in [1.54, 1.807) is 6.92 Å². The number of nitrogens with one attached hydrogen (secondary N) is 3. The van der Waals surface area contributed by atoms with Gasteiger partial charge in [-0.15, -0.1) is 0 Å². The first-order valence-electron chi connectivity index (χ1n) is 12.9.